The van der Waals surface area contributed by atoms with Crippen LogP contribution in [0.15, 0.2) is 0 Å². The fourth-order valence-electron chi connectivity index (χ4n) is 8.71. The first-order valence-corrected chi connectivity index (χ1v) is 19.5. The molecular weight excluding hydrogens is 792 g/mol. The molecular formula is C38H70O21. The number of ether oxygens (including phenoxy) is 21. The van der Waals surface area contributed by atoms with Gasteiger partial charge in [0.1, 0.15) is 98.2 Å². The van der Waals surface area contributed by atoms with Crippen LogP contribution in [0.4, 0.5) is 0 Å². The van der Waals surface area contributed by atoms with Gasteiger partial charge in [-0.1, -0.05) is 0 Å². The highest BCUT2D eigenvalue weighted by atomic mass is 16.8. The Balaban J connectivity index is 1.58. The summed E-state index contributed by atoms with van der Waals surface area (Å²) in [4.78, 5) is 0. The molecule has 348 valence electrons. The van der Waals surface area contributed by atoms with E-state index in [1.807, 2.05) is 0 Å². The van der Waals surface area contributed by atoms with Crippen LogP contribution in [-0.2, 0) is 99.5 Å². The average Bonchev–Trinajstić information content (AvgIpc) is 3.54. The summed E-state index contributed by atoms with van der Waals surface area (Å²) < 4.78 is 127. The third kappa shape index (κ3) is 11.1. The van der Waals surface area contributed by atoms with E-state index in [4.69, 9.17) is 99.5 Å². The first kappa shape index (κ1) is 50.8. The lowest BCUT2D eigenvalue weighted by atomic mass is 9.97. The van der Waals surface area contributed by atoms with E-state index < -0.39 is 116 Å². The molecule has 0 spiro atoms. The van der Waals surface area contributed by atoms with Crippen molar-refractivity contribution in [1.29, 1.82) is 0 Å². The molecule has 4 saturated heterocycles. The lowest BCUT2D eigenvalue weighted by Gasteiger charge is -2.48. The van der Waals surface area contributed by atoms with E-state index >= 15 is 0 Å². The molecule has 4 aliphatic rings. The van der Waals surface area contributed by atoms with Crippen LogP contribution in [0.2, 0.25) is 0 Å². The Bertz CT molecular complexity index is 1160. The summed E-state index contributed by atoms with van der Waals surface area (Å²) in [5.74, 6) is -1.51. The molecule has 14 unspecified atom stereocenters. The number of rotatable bonds is 25. The normalized spacial score (nSPS) is 43.0. The molecule has 0 aromatic heterocycles. The van der Waals surface area contributed by atoms with Gasteiger partial charge >= 0.3 is 0 Å². The summed E-state index contributed by atoms with van der Waals surface area (Å²) in [6, 6.07) is 0. The predicted octanol–water partition coefficient (Wildman–Crippen LogP) is -0.590. The van der Waals surface area contributed by atoms with E-state index in [1.54, 1.807) is 71.1 Å². The van der Waals surface area contributed by atoms with E-state index in [-0.39, 0.29) is 33.0 Å². The van der Waals surface area contributed by atoms with Crippen molar-refractivity contribution in [2.24, 2.45) is 0 Å². The average molecular weight is 863 g/mol. The minimum absolute atomic E-state index is 0.0282. The number of hydrogen-bond donors (Lipinski definition) is 0. The summed E-state index contributed by atoms with van der Waals surface area (Å²) in [7, 11) is 21.7. The topological polar surface area (TPSA) is 194 Å². The van der Waals surface area contributed by atoms with Crippen molar-refractivity contribution in [3.05, 3.63) is 0 Å². The highest BCUT2D eigenvalue weighted by molar-refractivity contribution is 5.02. The van der Waals surface area contributed by atoms with E-state index in [9.17, 15) is 0 Å². The first-order chi connectivity index (χ1) is 28.6. The van der Waals surface area contributed by atoms with Crippen molar-refractivity contribution < 1.29 is 99.5 Å². The maximum atomic E-state index is 6.72. The van der Waals surface area contributed by atoms with Crippen molar-refractivity contribution in [2.45, 2.75) is 116 Å². The fourth-order valence-corrected chi connectivity index (χ4v) is 8.71. The van der Waals surface area contributed by atoms with Gasteiger partial charge in [-0.3, -0.25) is 0 Å². The van der Waals surface area contributed by atoms with E-state index in [0.29, 0.717) is 0 Å². The highest BCUT2D eigenvalue weighted by Crippen LogP contribution is 2.41. The lowest BCUT2D eigenvalue weighted by molar-refractivity contribution is -0.394. The molecule has 4 aliphatic heterocycles. The lowest BCUT2D eigenvalue weighted by Crippen LogP contribution is -2.65. The largest absolute Gasteiger partial charge is 0.382 e. The van der Waals surface area contributed by atoms with Gasteiger partial charge in [0.25, 0.3) is 0 Å². The van der Waals surface area contributed by atoms with Crippen molar-refractivity contribution in [1.82, 2.24) is 0 Å². The maximum absolute atomic E-state index is 6.72. The molecule has 0 radical (unpaired) electrons. The Morgan fingerprint density at radius 3 is 1.05 bits per heavy atom. The summed E-state index contributed by atoms with van der Waals surface area (Å²) in [5.41, 5.74) is 0. The van der Waals surface area contributed by atoms with Crippen molar-refractivity contribution >= 4 is 0 Å². The summed E-state index contributed by atoms with van der Waals surface area (Å²) >= 11 is 0. The number of hydrogen-bond acceptors (Lipinski definition) is 21. The van der Waals surface area contributed by atoms with E-state index in [2.05, 4.69) is 0 Å². The van der Waals surface area contributed by atoms with Crippen LogP contribution in [0.5, 0.6) is 0 Å². The molecule has 0 aromatic rings. The zero-order valence-electron chi connectivity index (χ0n) is 37.0. The zero-order valence-corrected chi connectivity index (χ0v) is 37.0. The third-order valence-corrected chi connectivity index (χ3v) is 11.4. The van der Waals surface area contributed by atoms with Gasteiger partial charge in [-0.05, 0) is 0 Å². The Kier molecular flexibility index (Phi) is 21.4. The number of methoxy groups -OCH3 is 14. The van der Waals surface area contributed by atoms with Crippen LogP contribution in [0.3, 0.4) is 0 Å². The predicted molar refractivity (Wildman–Crippen MR) is 201 cm³/mol. The van der Waals surface area contributed by atoms with Crippen molar-refractivity contribution in [3.8, 4) is 0 Å². The first-order valence-electron chi connectivity index (χ1n) is 19.5. The molecule has 4 heterocycles. The van der Waals surface area contributed by atoms with Gasteiger partial charge in [0.05, 0.1) is 26.4 Å². The molecule has 0 amide bonds. The zero-order chi connectivity index (χ0) is 43.3. The molecule has 21 heteroatoms. The molecule has 0 aromatic carbocycles. The van der Waals surface area contributed by atoms with Crippen LogP contribution in [0, 0.1) is 0 Å². The SMILES string of the molecule is COCC1OC(OCC2OC(OC[C@H]3O[C@H](OC4(COC)OC(COC)C(OC)C4OC)[C@H](OC)[C@@H](OC)[C@@H]3OC)C(OC)C(OC)C2OC)C(OC)C(OC)C1OC. The molecule has 21 nitrogen and oxygen atoms in total. The van der Waals surface area contributed by atoms with Gasteiger partial charge in [-0.15, -0.1) is 0 Å². The van der Waals surface area contributed by atoms with Gasteiger partial charge in [0.2, 0.25) is 5.79 Å². The van der Waals surface area contributed by atoms with Crippen molar-refractivity contribution in [2.75, 3.05) is 133 Å². The molecule has 4 fully saturated rings. The van der Waals surface area contributed by atoms with Crippen LogP contribution in [-0.4, -0.2) is 249 Å². The maximum Gasteiger partial charge on any atom is 0.224 e. The van der Waals surface area contributed by atoms with Crippen LogP contribution in [0.25, 0.3) is 0 Å². The molecule has 4 rings (SSSR count). The summed E-state index contributed by atoms with van der Waals surface area (Å²) in [5, 5.41) is 0. The van der Waals surface area contributed by atoms with Gasteiger partial charge in [-0.25, -0.2) is 0 Å². The van der Waals surface area contributed by atoms with Crippen LogP contribution < -0.4 is 0 Å². The van der Waals surface area contributed by atoms with Gasteiger partial charge in [-0.2, -0.15) is 0 Å². The minimum Gasteiger partial charge on any atom is -0.382 e. The molecule has 0 N–H and O–H groups in total. The highest BCUT2D eigenvalue weighted by Gasteiger charge is 2.61. The Hall–Kier alpha value is -0.840. The quantitative estimate of drug-likeness (QED) is 0.113. The van der Waals surface area contributed by atoms with Crippen molar-refractivity contribution in [3.63, 3.8) is 0 Å². The molecule has 19 atom stereocenters. The second kappa shape index (κ2) is 24.9. The molecule has 0 bridgehead atoms. The second-order valence-electron chi connectivity index (χ2n) is 14.4. The Morgan fingerprint density at radius 2 is 0.695 bits per heavy atom. The molecule has 0 aliphatic carbocycles. The van der Waals surface area contributed by atoms with Crippen LogP contribution >= 0.6 is 0 Å². The Labute approximate surface area is 348 Å². The van der Waals surface area contributed by atoms with E-state index in [1.165, 1.54) is 28.4 Å². The summed E-state index contributed by atoms with van der Waals surface area (Å²) in [6.07, 6.45) is -12.9. The Morgan fingerprint density at radius 1 is 0.339 bits per heavy atom. The van der Waals surface area contributed by atoms with Crippen LogP contribution in [0.1, 0.15) is 0 Å². The summed E-state index contributed by atoms with van der Waals surface area (Å²) in [6.45, 7) is 0.260. The standard InChI is InChI=1S/C38H70O21/c1-39-15-20-24(42-4)28(46-8)31(49-11)35(55-20)53-17-21-25(43-5)29(47-9)32(50-12)36(56-21)54-18-22-26(44-6)30(48-10)33(51-13)37(57-22)59-38(19-41-3)34(52-14)27(45-7)23(58-38)16-40-2/h20-37H,15-19H2,1-14H3/t20?,21?,22-,23?,24?,25?,26-,27?,28?,29?,30+,31?,32?,33-,34?,35?,36?,37-,38?/m1/s1. The third-order valence-electron chi connectivity index (χ3n) is 11.4. The van der Waals surface area contributed by atoms with E-state index in [0.717, 1.165) is 0 Å². The van der Waals surface area contributed by atoms with Gasteiger partial charge < -0.3 is 99.5 Å². The molecule has 0 saturated carbocycles. The second-order valence-corrected chi connectivity index (χ2v) is 14.4. The minimum atomic E-state index is -1.51. The monoisotopic (exact) mass is 862 g/mol. The van der Waals surface area contributed by atoms with Gasteiger partial charge in [0, 0.05) is 99.5 Å². The molecule has 59 heavy (non-hydrogen) atoms. The fraction of sp³-hybridized carbons (Fsp3) is 1.00. The smallest absolute Gasteiger partial charge is 0.224 e. The van der Waals surface area contributed by atoms with Gasteiger partial charge in [0.15, 0.2) is 18.9 Å².